The second-order valence-corrected chi connectivity index (χ2v) is 13.2. The number of nitrogens with zero attached hydrogens (tertiary/aromatic N) is 5. The van der Waals surface area contributed by atoms with E-state index in [0.717, 1.165) is 66.8 Å². The molecule has 280 valence electrons. The van der Waals surface area contributed by atoms with Crippen LogP contribution in [0.2, 0.25) is 0 Å². The third-order valence-electron chi connectivity index (χ3n) is 9.29. The first-order valence-corrected chi connectivity index (χ1v) is 18.0. The van der Waals surface area contributed by atoms with Crippen LogP contribution in [0.15, 0.2) is 30.5 Å². The minimum Gasteiger partial charge on any atom is -0.496 e. The van der Waals surface area contributed by atoms with Gasteiger partial charge in [-0.1, -0.05) is 25.8 Å². The Balaban J connectivity index is 1.27. The number of nitrogen functional groups attached to an aromatic ring is 1. The van der Waals surface area contributed by atoms with Crippen LogP contribution in [0.25, 0.3) is 11.0 Å². The Hall–Kier alpha value is -4.47. The van der Waals surface area contributed by atoms with E-state index in [0.29, 0.717) is 64.1 Å². The standard InChI is InChI=1S/C36H55N9O6/c1-3-4-8-27(24-46)40-34-33-29(41-36(38)42-34)14-16-45(33)23-26-21-25(12-13-30(26)51-2)22-43-17-19-44(20-18-43)32(48)11-7-10-31(47)39-15-6-5-9-28(37)35(49)50/h12-14,16,21,27-28,46H,3-11,15,17-20,22-24,37H2,1-2H3,(H,39,47)(H,49,50)(H3,38,40,41,42)/t27-,28+/m0/s1. The molecule has 1 fully saturated rings. The molecule has 15 nitrogen and oxygen atoms in total. The van der Waals surface area contributed by atoms with Gasteiger partial charge in [0.1, 0.15) is 17.3 Å². The Labute approximate surface area is 299 Å². The number of piperazine rings is 1. The van der Waals surface area contributed by atoms with Crippen LogP contribution in [-0.2, 0) is 27.5 Å². The summed E-state index contributed by atoms with van der Waals surface area (Å²) in [4.78, 5) is 48.9. The molecule has 8 N–H and O–H groups in total. The smallest absolute Gasteiger partial charge is 0.320 e. The Morgan fingerprint density at radius 2 is 1.78 bits per heavy atom. The monoisotopic (exact) mass is 709 g/mol. The molecule has 3 heterocycles. The lowest BCUT2D eigenvalue weighted by Crippen LogP contribution is -2.48. The number of nitrogens with one attached hydrogen (secondary N) is 2. The Morgan fingerprint density at radius 3 is 2.49 bits per heavy atom. The second kappa shape index (κ2) is 19.8. The first-order chi connectivity index (χ1) is 24.6. The number of benzene rings is 1. The summed E-state index contributed by atoms with van der Waals surface area (Å²) in [6.45, 7) is 6.59. The van der Waals surface area contributed by atoms with Crippen molar-refractivity contribution in [3.8, 4) is 5.75 Å². The number of aliphatic hydroxyl groups excluding tert-OH is 1. The third-order valence-corrected chi connectivity index (χ3v) is 9.29. The summed E-state index contributed by atoms with van der Waals surface area (Å²) in [5.41, 5.74) is 15.2. The molecule has 1 aliphatic heterocycles. The zero-order valence-electron chi connectivity index (χ0n) is 30.0. The van der Waals surface area contributed by atoms with E-state index in [1.165, 1.54) is 0 Å². The number of carbonyl (C=O) groups excluding carboxylic acids is 2. The van der Waals surface area contributed by atoms with Gasteiger partial charge in [-0.3, -0.25) is 19.3 Å². The molecule has 0 radical (unpaired) electrons. The summed E-state index contributed by atoms with van der Waals surface area (Å²) < 4.78 is 7.81. The predicted octanol–water partition coefficient (Wildman–Crippen LogP) is 2.55. The number of methoxy groups -OCH3 is 1. The van der Waals surface area contributed by atoms with E-state index in [9.17, 15) is 19.5 Å². The number of aliphatic hydroxyl groups is 1. The molecule has 1 saturated heterocycles. The van der Waals surface area contributed by atoms with Gasteiger partial charge in [-0.15, -0.1) is 0 Å². The number of ether oxygens (including phenoxy) is 1. The fourth-order valence-electron chi connectivity index (χ4n) is 6.35. The van der Waals surface area contributed by atoms with Gasteiger partial charge < -0.3 is 46.5 Å². The molecule has 15 heteroatoms. The maximum atomic E-state index is 12.9. The van der Waals surface area contributed by atoms with E-state index < -0.39 is 12.0 Å². The number of rotatable bonds is 21. The van der Waals surface area contributed by atoms with Crippen molar-refractivity contribution in [1.82, 2.24) is 29.7 Å². The number of hydrogen-bond donors (Lipinski definition) is 6. The zero-order valence-corrected chi connectivity index (χ0v) is 30.0. The predicted molar refractivity (Wildman–Crippen MR) is 196 cm³/mol. The van der Waals surface area contributed by atoms with Crippen molar-refractivity contribution in [2.75, 3.05) is 57.5 Å². The van der Waals surface area contributed by atoms with E-state index in [2.05, 4.69) is 49.1 Å². The van der Waals surface area contributed by atoms with Crippen LogP contribution in [0.4, 0.5) is 11.8 Å². The van der Waals surface area contributed by atoms with E-state index >= 15 is 0 Å². The lowest BCUT2D eigenvalue weighted by molar-refractivity contribution is -0.138. The molecule has 0 aliphatic carbocycles. The fraction of sp³-hybridized carbons (Fsp3) is 0.583. The maximum Gasteiger partial charge on any atom is 0.320 e. The molecule has 0 bridgehead atoms. The summed E-state index contributed by atoms with van der Waals surface area (Å²) in [5, 5.41) is 25.0. The topological polar surface area (TPSA) is 214 Å². The Kier molecular flexibility index (Phi) is 15.3. The van der Waals surface area contributed by atoms with Crippen molar-refractivity contribution < 1.29 is 29.3 Å². The zero-order chi connectivity index (χ0) is 36.8. The number of carboxylic acid groups (broad SMARTS) is 1. The molecular weight excluding hydrogens is 654 g/mol. The number of aromatic nitrogens is 3. The molecule has 2 amide bonds. The van der Waals surface area contributed by atoms with E-state index in [1.807, 2.05) is 23.2 Å². The van der Waals surface area contributed by atoms with Gasteiger partial charge in [0.25, 0.3) is 0 Å². The number of carboxylic acids is 1. The van der Waals surface area contributed by atoms with Crippen LogP contribution in [0, 0.1) is 0 Å². The number of anilines is 2. The minimum absolute atomic E-state index is 0.0131. The number of amides is 2. The number of carbonyl (C=O) groups is 3. The average Bonchev–Trinajstić information content (AvgIpc) is 3.52. The van der Waals surface area contributed by atoms with Crippen molar-refractivity contribution in [2.24, 2.45) is 5.73 Å². The minimum atomic E-state index is -1.02. The third kappa shape index (κ3) is 11.8. The van der Waals surface area contributed by atoms with Crippen LogP contribution in [-0.4, -0.2) is 111 Å². The largest absolute Gasteiger partial charge is 0.496 e. The van der Waals surface area contributed by atoms with Gasteiger partial charge in [0.05, 0.1) is 31.8 Å². The Bertz CT molecular complexity index is 1590. The molecule has 1 aromatic carbocycles. The fourth-order valence-corrected chi connectivity index (χ4v) is 6.35. The van der Waals surface area contributed by atoms with Gasteiger partial charge in [-0.25, -0.2) is 4.98 Å². The van der Waals surface area contributed by atoms with Crippen molar-refractivity contribution in [1.29, 1.82) is 0 Å². The van der Waals surface area contributed by atoms with Crippen LogP contribution in [0.3, 0.4) is 0 Å². The number of nitrogens with two attached hydrogens (primary N) is 2. The van der Waals surface area contributed by atoms with Gasteiger partial charge >= 0.3 is 5.97 Å². The highest BCUT2D eigenvalue weighted by Crippen LogP contribution is 2.28. The lowest BCUT2D eigenvalue weighted by Gasteiger charge is -2.35. The number of unbranched alkanes of at least 4 members (excludes halogenated alkanes) is 2. The average molecular weight is 710 g/mol. The first kappa shape index (κ1) is 39.3. The first-order valence-electron chi connectivity index (χ1n) is 18.0. The van der Waals surface area contributed by atoms with Gasteiger partial charge in [0.15, 0.2) is 5.82 Å². The quantitative estimate of drug-likeness (QED) is 0.0881. The molecule has 0 saturated carbocycles. The SMILES string of the molecule is CCCC[C@@H](CO)Nc1nc(N)nc2ccn(Cc3cc(CN4CCN(C(=O)CCCC(=O)NCCCC[C@@H](N)C(=O)O)CC4)ccc3OC)c12. The summed E-state index contributed by atoms with van der Waals surface area (Å²) in [6, 6.07) is 7.11. The van der Waals surface area contributed by atoms with Gasteiger partial charge in [0.2, 0.25) is 17.8 Å². The summed E-state index contributed by atoms with van der Waals surface area (Å²) in [7, 11) is 1.66. The van der Waals surface area contributed by atoms with Crippen molar-refractivity contribution >= 4 is 40.6 Å². The highest BCUT2D eigenvalue weighted by atomic mass is 16.5. The molecule has 2 aromatic heterocycles. The second-order valence-electron chi connectivity index (χ2n) is 13.2. The highest BCUT2D eigenvalue weighted by molar-refractivity contribution is 5.88. The molecule has 51 heavy (non-hydrogen) atoms. The van der Waals surface area contributed by atoms with Gasteiger partial charge in [-0.05, 0) is 55.9 Å². The molecule has 1 aliphatic rings. The highest BCUT2D eigenvalue weighted by Gasteiger charge is 2.22. The van der Waals surface area contributed by atoms with E-state index in [1.54, 1.807) is 7.11 Å². The van der Waals surface area contributed by atoms with Crippen LogP contribution >= 0.6 is 0 Å². The normalized spacial score (nSPS) is 14.7. The molecule has 0 unspecified atom stereocenters. The molecule has 3 aromatic rings. The summed E-state index contributed by atoms with van der Waals surface area (Å²) >= 11 is 0. The van der Waals surface area contributed by atoms with Gasteiger partial charge in [-0.2, -0.15) is 4.98 Å². The number of aliphatic carboxylic acids is 1. The Morgan fingerprint density at radius 1 is 1.00 bits per heavy atom. The summed E-state index contributed by atoms with van der Waals surface area (Å²) in [6.07, 6.45) is 7.53. The number of fused-ring (bicyclic) bond motifs is 1. The van der Waals surface area contributed by atoms with E-state index in [4.69, 9.17) is 21.3 Å². The summed E-state index contributed by atoms with van der Waals surface area (Å²) in [5.74, 6) is 0.475. The molecule has 2 atom stereocenters. The molecule has 0 spiro atoms. The van der Waals surface area contributed by atoms with E-state index in [-0.39, 0.29) is 36.8 Å². The van der Waals surface area contributed by atoms with Crippen molar-refractivity contribution in [2.45, 2.75) is 89.9 Å². The van der Waals surface area contributed by atoms with Crippen LogP contribution < -0.4 is 26.8 Å². The van der Waals surface area contributed by atoms with Crippen molar-refractivity contribution in [3.63, 3.8) is 0 Å². The lowest BCUT2D eigenvalue weighted by atomic mass is 10.1. The van der Waals surface area contributed by atoms with Crippen LogP contribution in [0.1, 0.15) is 75.8 Å². The molecular formula is C36H55N9O6. The number of hydrogen-bond acceptors (Lipinski definition) is 11. The maximum absolute atomic E-state index is 12.9. The van der Waals surface area contributed by atoms with Gasteiger partial charge in [0, 0.05) is 63.9 Å². The molecule has 4 rings (SSSR count). The van der Waals surface area contributed by atoms with Crippen LogP contribution in [0.5, 0.6) is 5.75 Å². The van der Waals surface area contributed by atoms with Crippen molar-refractivity contribution in [3.05, 3.63) is 41.6 Å².